The Morgan fingerprint density at radius 1 is 1.03 bits per heavy atom. The molecule has 1 aromatic carbocycles. The number of pyridine rings is 2. The number of fused-ring (bicyclic) bond motifs is 1. The normalized spacial score (nSPS) is 10.6. The quantitative estimate of drug-likeness (QED) is 0.481. The minimum absolute atomic E-state index is 0.0618. The highest BCUT2D eigenvalue weighted by Gasteiger charge is 2.13. The van der Waals surface area contributed by atoms with Gasteiger partial charge in [-0.2, -0.15) is 0 Å². The maximum Gasteiger partial charge on any atom is 0.278 e. The van der Waals surface area contributed by atoms with Crippen molar-refractivity contribution in [3.05, 3.63) is 84.1 Å². The Kier molecular flexibility index (Phi) is 4.85. The maximum atomic E-state index is 12.5. The molecule has 4 rings (SSSR count). The molecule has 0 fully saturated rings. The molecule has 144 valence electrons. The van der Waals surface area contributed by atoms with Crippen molar-refractivity contribution in [3.8, 4) is 5.75 Å². The lowest BCUT2D eigenvalue weighted by Crippen LogP contribution is -2.25. The molecule has 3 aromatic heterocycles. The summed E-state index contributed by atoms with van der Waals surface area (Å²) in [5.41, 5.74) is 2.25. The third kappa shape index (κ3) is 3.88. The molecule has 4 aromatic rings. The van der Waals surface area contributed by atoms with Gasteiger partial charge in [0.2, 0.25) is 0 Å². The number of hydrogen-bond acceptors (Lipinski definition) is 6. The predicted octanol–water partition coefficient (Wildman–Crippen LogP) is 2.01. The molecule has 0 unspecified atom stereocenters. The molecule has 29 heavy (non-hydrogen) atoms. The number of nitrogens with zero attached hydrogens (tertiary/aromatic N) is 4. The number of rotatable bonds is 5. The first-order valence-electron chi connectivity index (χ1n) is 8.73. The monoisotopic (exact) mass is 388 g/mol. The van der Waals surface area contributed by atoms with Gasteiger partial charge in [-0.3, -0.25) is 14.0 Å². The second-order valence-electron chi connectivity index (χ2n) is 6.18. The summed E-state index contributed by atoms with van der Waals surface area (Å²) in [6.45, 7) is 0.260. The Morgan fingerprint density at radius 3 is 2.76 bits per heavy atom. The van der Waals surface area contributed by atoms with E-state index in [0.717, 1.165) is 5.56 Å². The van der Waals surface area contributed by atoms with Crippen LogP contribution in [0.3, 0.4) is 0 Å². The molecule has 0 radical (unpaired) electrons. The third-order valence-corrected chi connectivity index (χ3v) is 4.21. The van der Waals surface area contributed by atoms with Crippen LogP contribution in [0.5, 0.6) is 5.75 Å². The largest absolute Gasteiger partial charge is 0.505 e. The number of anilines is 1. The van der Waals surface area contributed by atoms with Crippen molar-refractivity contribution in [2.24, 2.45) is 0 Å². The SMILES string of the molecule is O=C(Nc1cccc(CNC(=O)c2cccc3nncn23)c1)c1ncccc1O. The highest BCUT2D eigenvalue weighted by molar-refractivity contribution is 6.04. The summed E-state index contributed by atoms with van der Waals surface area (Å²) in [7, 11) is 0. The predicted molar refractivity (Wildman–Crippen MR) is 104 cm³/mol. The molecule has 0 bridgehead atoms. The maximum absolute atomic E-state index is 12.5. The van der Waals surface area contributed by atoms with Gasteiger partial charge in [0, 0.05) is 18.4 Å². The Bertz CT molecular complexity index is 1200. The van der Waals surface area contributed by atoms with Crippen LogP contribution in [0, 0.1) is 0 Å². The lowest BCUT2D eigenvalue weighted by atomic mass is 10.2. The molecule has 0 aliphatic heterocycles. The number of amides is 2. The number of benzene rings is 1. The fourth-order valence-corrected chi connectivity index (χ4v) is 2.83. The first-order valence-corrected chi connectivity index (χ1v) is 8.73. The minimum atomic E-state index is -0.524. The molecular weight excluding hydrogens is 372 g/mol. The van der Waals surface area contributed by atoms with Crippen LogP contribution >= 0.6 is 0 Å². The molecule has 0 aliphatic rings. The first-order chi connectivity index (χ1) is 14.1. The van der Waals surface area contributed by atoms with Crippen LogP contribution in [0.25, 0.3) is 5.65 Å². The average Bonchev–Trinajstić information content (AvgIpc) is 3.21. The number of aromatic nitrogens is 4. The number of aromatic hydroxyl groups is 1. The van der Waals surface area contributed by atoms with Gasteiger partial charge in [-0.1, -0.05) is 18.2 Å². The van der Waals surface area contributed by atoms with Crippen LogP contribution in [-0.4, -0.2) is 36.5 Å². The number of nitrogens with one attached hydrogen (secondary N) is 2. The molecule has 0 spiro atoms. The number of hydrogen-bond donors (Lipinski definition) is 3. The molecular formula is C20H16N6O3. The van der Waals surface area contributed by atoms with Gasteiger partial charge < -0.3 is 15.7 Å². The average molecular weight is 388 g/mol. The van der Waals surface area contributed by atoms with Crippen LogP contribution in [0.4, 0.5) is 5.69 Å². The Balaban J connectivity index is 1.44. The molecule has 0 saturated carbocycles. The molecule has 9 nitrogen and oxygen atoms in total. The van der Waals surface area contributed by atoms with E-state index in [0.29, 0.717) is 17.0 Å². The highest BCUT2D eigenvalue weighted by atomic mass is 16.3. The highest BCUT2D eigenvalue weighted by Crippen LogP contribution is 2.16. The first kappa shape index (κ1) is 18.1. The van der Waals surface area contributed by atoms with E-state index in [1.165, 1.54) is 24.7 Å². The topological polar surface area (TPSA) is 122 Å². The zero-order valence-electron chi connectivity index (χ0n) is 15.1. The van der Waals surface area contributed by atoms with E-state index in [1.807, 2.05) is 6.07 Å². The van der Waals surface area contributed by atoms with E-state index in [1.54, 1.807) is 40.8 Å². The molecule has 3 heterocycles. The van der Waals surface area contributed by atoms with Crippen LogP contribution in [0.2, 0.25) is 0 Å². The van der Waals surface area contributed by atoms with Crippen LogP contribution < -0.4 is 10.6 Å². The Labute approximate surface area is 165 Å². The standard InChI is InChI=1S/C20H16N6O3/c27-16-7-3-9-21-18(16)20(29)24-14-5-1-4-13(10-14)11-22-19(28)15-6-2-8-17-25-23-12-26(15)17/h1-10,12,27H,11H2,(H,22,28)(H,24,29). The van der Waals surface area contributed by atoms with E-state index in [4.69, 9.17) is 0 Å². The fourth-order valence-electron chi connectivity index (χ4n) is 2.83. The molecule has 0 aliphatic carbocycles. The van der Waals surface area contributed by atoms with Crippen molar-refractivity contribution in [1.82, 2.24) is 24.9 Å². The summed E-state index contributed by atoms with van der Waals surface area (Å²) in [6.07, 6.45) is 2.91. The van der Waals surface area contributed by atoms with Crippen molar-refractivity contribution >= 4 is 23.1 Å². The summed E-state index contributed by atoms with van der Waals surface area (Å²) in [6, 6.07) is 15.1. The van der Waals surface area contributed by atoms with Crippen LogP contribution in [0.15, 0.2) is 67.1 Å². The van der Waals surface area contributed by atoms with Gasteiger partial charge in [-0.15, -0.1) is 10.2 Å². The smallest absolute Gasteiger partial charge is 0.278 e. The second kappa shape index (κ2) is 7.77. The van der Waals surface area contributed by atoms with Crippen molar-refractivity contribution in [2.45, 2.75) is 6.54 Å². The summed E-state index contributed by atoms with van der Waals surface area (Å²) >= 11 is 0. The fraction of sp³-hybridized carbons (Fsp3) is 0.0500. The van der Waals surface area contributed by atoms with Gasteiger partial charge in [0.25, 0.3) is 11.8 Å². The van der Waals surface area contributed by atoms with E-state index >= 15 is 0 Å². The van der Waals surface area contributed by atoms with Crippen molar-refractivity contribution < 1.29 is 14.7 Å². The molecule has 2 amide bonds. The van der Waals surface area contributed by atoms with Gasteiger partial charge in [0.15, 0.2) is 11.3 Å². The van der Waals surface area contributed by atoms with Crippen molar-refractivity contribution in [1.29, 1.82) is 0 Å². The zero-order chi connectivity index (χ0) is 20.2. The van der Waals surface area contributed by atoms with Crippen molar-refractivity contribution in [2.75, 3.05) is 5.32 Å². The summed E-state index contributed by atoms with van der Waals surface area (Å²) in [5.74, 6) is -0.997. The Morgan fingerprint density at radius 2 is 1.90 bits per heavy atom. The molecule has 0 atom stereocenters. The summed E-state index contributed by atoms with van der Waals surface area (Å²) in [5, 5.41) is 23.0. The third-order valence-electron chi connectivity index (χ3n) is 4.21. The number of carbonyl (C=O) groups excluding carboxylic acids is 2. The molecule has 9 heteroatoms. The van der Waals surface area contributed by atoms with E-state index in [2.05, 4.69) is 25.8 Å². The Hall–Kier alpha value is -4.27. The van der Waals surface area contributed by atoms with Gasteiger partial charge in [-0.25, -0.2) is 4.98 Å². The van der Waals surface area contributed by atoms with Gasteiger partial charge in [0.05, 0.1) is 0 Å². The van der Waals surface area contributed by atoms with Crippen LogP contribution in [-0.2, 0) is 6.54 Å². The van der Waals surface area contributed by atoms with E-state index in [-0.39, 0.29) is 23.9 Å². The molecule has 3 N–H and O–H groups in total. The van der Waals surface area contributed by atoms with Gasteiger partial charge >= 0.3 is 0 Å². The zero-order valence-corrected chi connectivity index (χ0v) is 15.1. The van der Waals surface area contributed by atoms with E-state index < -0.39 is 5.91 Å². The van der Waals surface area contributed by atoms with Gasteiger partial charge in [-0.05, 0) is 42.0 Å². The lowest BCUT2D eigenvalue weighted by Gasteiger charge is -2.10. The second-order valence-corrected chi connectivity index (χ2v) is 6.18. The minimum Gasteiger partial charge on any atom is -0.505 e. The van der Waals surface area contributed by atoms with Gasteiger partial charge in [0.1, 0.15) is 17.8 Å². The van der Waals surface area contributed by atoms with Crippen LogP contribution in [0.1, 0.15) is 26.5 Å². The summed E-state index contributed by atoms with van der Waals surface area (Å²) < 4.78 is 1.60. The lowest BCUT2D eigenvalue weighted by molar-refractivity contribution is 0.0943. The molecule has 0 saturated heterocycles. The summed E-state index contributed by atoms with van der Waals surface area (Å²) in [4.78, 5) is 28.7. The van der Waals surface area contributed by atoms with Crippen molar-refractivity contribution in [3.63, 3.8) is 0 Å². The number of carbonyl (C=O) groups is 2. The van der Waals surface area contributed by atoms with E-state index in [9.17, 15) is 14.7 Å².